The lowest BCUT2D eigenvalue weighted by molar-refractivity contribution is -0.111. The zero-order valence-electron chi connectivity index (χ0n) is 20.3. The van der Waals surface area contributed by atoms with Crippen molar-refractivity contribution >= 4 is 40.9 Å². The molecule has 0 radical (unpaired) electrons. The third-order valence-corrected chi connectivity index (χ3v) is 6.67. The number of urea groups is 1. The Labute approximate surface area is 218 Å². The first-order valence-electron chi connectivity index (χ1n) is 11.8. The molecule has 37 heavy (non-hydrogen) atoms. The highest BCUT2D eigenvalue weighted by atomic mass is 32.2. The van der Waals surface area contributed by atoms with Gasteiger partial charge in [0.2, 0.25) is 11.8 Å². The summed E-state index contributed by atoms with van der Waals surface area (Å²) in [6.45, 7) is 4.86. The van der Waals surface area contributed by atoms with E-state index in [9.17, 15) is 9.59 Å². The predicted molar refractivity (Wildman–Crippen MR) is 139 cm³/mol. The summed E-state index contributed by atoms with van der Waals surface area (Å²) in [6, 6.07) is 10.9. The average Bonchev–Trinajstić information content (AvgIpc) is 3.75. The number of carbonyl (C=O) groups is 2. The molecule has 11 heteroatoms. The first kappa shape index (κ1) is 24.7. The maximum absolute atomic E-state index is 13.6. The van der Waals surface area contributed by atoms with E-state index in [1.165, 1.54) is 17.8 Å². The van der Waals surface area contributed by atoms with E-state index < -0.39 is 0 Å². The molecule has 1 N–H and O–H groups in total. The summed E-state index contributed by atoms with van der Waals surface area (Å²) in [7, 11) is 1.62. The molecule has 0 bridgehead atoms. The summed E-state index contributed by atoms with van der Waals surface area (Å²) >= 11 is 1.35. The van der Waals surface area contributed by atoms with Crippen LogP contribution in [0.1, 0.15) is 18.4 Å². The Morgan fingerprint density at radius 2 is 2.08 bits per heavy atom. The number of amides is 3. The van der Waals surface area contributed by atoms with Crippen molar-refractivity contribution in [3.8, 4) is 5.88 Å². The Morgan fingerprint density at radius 1 is 1.22 bits per heavy atom. The molecule has 1 aliphatic heterocycles. The summed E-state index contributed by atoms with van der Waals surface area (Å²) in [5.41, 5.74) is 2.02. The second-order valence-electron chi connectivity index (χ2n) is 8.50. The number of nitrogens with one attached hydrogen (secondary N) is 1. The van der Waals surface area contributed by atoms with Crippen LogP contribution >= 0.6 is 11.8 Å². The molecule has 2 aromatic heterocycles. The van der Waals surface area contributed by atoms with Crippen LogP contribution in [0.15, 0.2) is 71.5 Å². The second kappa shape index (κ2) is 11.0. The van der Waals surface area contributed by atoms with Crippen molar-refractivity contribution in [2.45, 2.75) is 35.5 Å². The monoisotopic (exact) mass is 518 g/mol. The highest BCUT2D eigenvalue weighted by molar-refractivity contribution is 7.99. The largest absolute Gasteiger partial charge is 0.475 e. The molecule has 0 unspecified atom stereocenters. The van der Waals surface area contributed by atoms with Gasteiger partial charge in [-0.2, -0.15) is 0 Å². The van der Waals surface area contributed by atoms with Crippen LogP contribution in [0.3, 0.4) is 0 Å². The van der Waals surface area contributed by atoms with E-state index in [-0.39, 0.29) is 18.0 Å². The number of hydrogen-bond acceptors (Lipinski definition) is 8. The molecule has 1 saturated carbocycles. The summed E-state index contributed by atoms with van der Waals surface area (Å²) < 4.78 is 10.5. The average molecular weight is 519 g/mol. The van der Waals surface area contributed by atoms with Crippen LogP contribution in [-0.4, -0.2) is 58.2 Å². The molecule has 1 aliphatic carbocycles. The Hall–Kier alpha value is -3.96. The fourth-order valence-electron chi connectivity index (χ4n) is 3.87. The molecule has 3 aromatic rings. The van der Waals surface area contributed by atoms with Crippen molar-refractivity contribution in [3.05, 3.63) is 67.0 Å². The summed E-state index contributed by atoms with van der Waals surface area (Å²) in [6.07, 6.45) is 6.64. The number of rotatable bonds is 10. The van der Waals surface area contributed by atoms with Gasteiger partial charge in [-0.3, -0.25) is 4.79 Å². The van der Waals surface area contributed by atoms with Crippen LogP contribution in [-0.2, 0) is 16.1 Å². The van der Waals surface area contributed by atoms with Crippen LogP contribution in [0, 0.1) is 0 Å². The van der Waals surface area contributed by atoms with Gasteiger partial charge in [0.05, 0.1) is 18.8 Å². The van der Waals surface area contributed by atoms with Crippen LogP contribution in [0.4, 0.5) is 22.0 Å². The highest BCUT2D eigenvalue weighted by Crippen LogP contribution is 2.40. The minimum atomic E-state index is -0.327. The minimum absolute atomic E-state index is 0.143. The fraction of sp³-hybridized carbons (Fsp3) is 0.269. The number of hydrogen-bond donors (Lipinski definition) is 1. The third kappa shape index (κ3) is 5.73. The molecule has 1 fully saturated rings. The Bertz CT molecular complexity index is 1310. The number of fused-ring (bicyclic) bond motifs is 1. The molecule has 1 aromatic carbocycles. The van der Waals surface area contributed by atoms with E-state index in [2.05, 4.69) is 21.9 Å². The highest BCUT2D eigenvalue weighted by Gasteiger charge is 2.41. The molecule has 3 heterocycles. The summed E-state index contributed by atoms with van der Waals surface area (Å²) in [5.74, 6) is 0.707. The van der Waals surface area contributed by atoms with Gasteiger partial charge in [-0.1, -0.05) is 12.6 Å². The maximum atomic E-state index is 13.6. The van der Waals surface area contributed by atoms with Crippen molar-refractivity contribution in [3.63, 3.8) is 0 Å². The van der Waals surface area contributed by atoms with Gasteiger partial charge in [-0.25, -0.2) is 24.6 Å². The number of ether oxygens (including phenoxy) is 2. The molecule has 190 valence electrons. The topological polar surface area (TPSA) is 110 Å². The molecular formula is C26H26N6O4S. The van der Waals surface area contributed by atoms with Crippen LogP contribution in [0.5, 0.6) is 5.88 Å². The van der Waals surface area contributed by atoms with Gasteiger partial charge >= 0.3 is 6.03 Å². The first-order chi connectivity index (χ1) is 18.1. The van der Waals surface area contributed by atoms with E-state index >= 15 is 0 Å². The van der Waals surface area contributed by atoms with E-state index in [1.54, 1.807) is 48.7 Å². The van der Waals surface area contributed by atoms with E-state index in [0.29, 0.717) is 48.0 Å². The Morgan fingerprint density at radius 3 is 2.81 bits per heavy atom. The number of benzene rings is 1. The van der Waals surface area contributed by atoms with Gasteiger partial charge in [0, 0.05) is 47.8 Å². The molecule has 5 rings (SSSR count). The predicted octanol–water partition coefficient (Wildman–Crippen LogP) is 4.41. The molecule has 0 spiro atoms. The standard InChI is InChI=1S/C26H26N6O4S/c1-3-22(33)29-18-5-4-6-20(13-18)32-24-17(16-31(26(32)34)19-7-8-19)14-28-25(30-24)37-21-9-10-23(27-15-21)36-12-11-35-2/h3-6,9-10,13-15,19H,1,7-8,11-12,16H2,2H3,(H,29,33). The van der Waals surface area contributed by atoms with E-state index in [0.717, 1.165) is 23.3 Å². The van der Waals surface area contributed by atoms with E-state index in [4.69, 9.17) is 14.5 Å². The van der Waals surface area contributed by atoms with Crippen LogP contribution in [0.2, 0.25) is 0 Å². The van der Waals surface area contributed by atoms with Gasteiger partial charge in [0.15, 0.2) is 11.0 Å². The quantitative estimate of drug-likeness (QED) is 0.239. The third-order valence-electron chi connectivity index (χ3n) is 5.81. The number of nitrogens with zero attached hydrogens (tertiary/aromatic N) is 5. The lowest BCUT2D eigenvalue weighted by Crippen LogP contribution is -2.46. The Balaban J connectivity index is 1.43. The Kier molecular flexibility index (Phi) is 7.33. The van der Waals surface area contributed by atoms with Crippen molar-refractivity contribution in [1.82, 2.24) is 19.9 Å². The minimum Gasteiger partial charge on any atom is -0.475 e. The lowest BCUT2D eigenvalue weighted by Gasteiger charge is -2.36. The number of methoxy groups -OCH3 is 1. The number of aromatic nitrogens is 3. The van der Waals surface area contributed by atoms with Gasteiger partial charge < -0.3 is 19.7 Å². The first-order valence-corrected chi connectivity index (χ1v) is 12.6. The van der Waals surface area contributed by atoms with E-state index in [1.807, 2.05) is 17.0 Å². The second-order valence-corrected chi connectivity index (χ2v) is 9.54. The zero-order chi connectivity index (χ0) is 25.8. The molecule has 0 saturated heterocycles. The molecule has 10 nitrogen and oxygen atoms in total. The summed E-state index contributed by atoms with van der Waals surface area (Å²) in [4.78, 5) is 43.4. The molecular weight excluding hydrogens is 492 g/mol. The van der Waals surface area contributed by atoms with Crippen LogP contribution < -0.4 is 15.0 Å². The van der Waals surface area contributed by atoms with Gasteiger partial charge in [0.1, 0.15) is 6.61 Å². The zero-order valence-corrected chi connectivity index (χ0v) is 21.1. The maximum Gasteiger partial charge on any atom is 0.330 e. The summed E-state index contributed by atoms with van der Waals surface area (Å²) in [5, 5.41) is 3.24. The van der Waals surface area contributed by atoms with Gasteiger partial charge in [-0.15, -0.1) is 0 Å². The van der Waals surface area contributed by atoms with Crippen LogP contribution in [0.25, 0.3) is 0 Å². The fourth-order valence-corrected chi connectivity index (χ4v) is 4.56. The number of carbonyl (C=O) groups excluding carboxylic acids is 2. The SMILES string of the molecule is C=CC(=O)Nc1cccc(N2C(=O)N(C3CC3)Cc3cnc(Sc4ccc(OCCOC)nc4)nc32)c1. The number of pyridine rings is 1. The molecule has 2 aliphatic rings. The van der Waals surface area contributed by atoms with Crippen molar-refractivity contribution < 1.29 is 19.1 Å². The van der Waals surface area contributed by atoms with Crippen molar-refractivity contribution in [2.24, 2.45) is 0 Å². The molecule has 3 amide bonds. The van der Waals surface area contributed by atoms with Gasteiger partial charge in [0.25, 0.3) is 0 Å². The number of anilines is 3. The van der Waals surface area contributed by atoms with Gasteiger partial charge in [-0.05, 0) is 54.9 Å². The van der Waals surface area contributed by atoms with Crippen molar-refractivity contribution in [2.75, 3.05) is 30.5 Å². The normalized spacial score (nSPS) is 14.8. The van der Waals surface area contributed by atoms with Crippen molar-refractivity contribution in [1.29, 1.82) is 0 Å². The smallest absolute Gasteiger partial charge is 0.330 e. The lowest BCUT2D eigenvalue weighted by atomic mass is 10.1. The molecule has 0 atom stereocenters.